The van der Waals surface area contributed by atoms with E-state index in [1.54, 1.807) is 22.9 Å². The van der Waals surface area contributed by atoms with Crippen molar-refractivity contribution in [1.82, 2.24) is 35.7 Å². The first kappa shape index (κ1) is 79.1. The summed E-state index contributed by atoms with van der Waals surface area (Å²) in [4.78, 5) is 22.9. The molecule has 0 bridgehead atoms. The number of unbranched alkanes of at least 4 members (excludes halogenated alkanes) is 18. The van der Waals surface area contributed by atoms with Crippen LogP contribution in [0.3, 0.4) is 0 Å². The van der Waals surface area contributed by atoms with Crippen LogP contribution in [-0.2, 0) is 40.7 Å². The van der Waals surface area contributed by atoms with Crippen molar-refractivity contribution in [2.24, 2.45) is 16.0 Å². The summed E-state index contributed by atoms with van der Waals surface area (Å²) in [7, 11) is 1.58. The van der Waals surface area contributed by atoms with Crippen molar-refractivity contribution in [3.8, 4) is 40.1 Å². The van der Waals surface area contributed by atoms with Crippen molar-refractivity contribution < 1.29 is 32.1 Å². The molecule has 5 aromatic carbocycles. The average molecular weight is 1420 g/mol. The van der Waals surface area contributed by atoms with Gasteiger partial charge in [-0.3, -0.25) is 20.0 Å². The summed E-state index contributed by atoms with van der Waals surface area (Å²) in [6.45, 7) is 24.6. The van der Waals surface area contributed by atoms with Crippen LogP contribution in [-0.4, -0.2) is 84.7 Å². The average Bonchev–Trinajstić information content (AvgIpc) is 1.65. The first-order valence-corrected chi connectivity index (χ1v) is 39.4. The number of halogens is 1. The minimum absolute atomic E-state index is 0.0603. The largest absolute Gasteiger partial charge is 0.493 e. The number of methoxy groups -OCH3 is 1. The fraction of sp³-hybridized carbons (Fsp3) is 0.549. The number of rotatable bonds is 42. The van der Waals surface area contributed by atoms with Crippen LogP contribution >= 0.6 is 11.6 Å². The van der Waals surface area contributed by atoms with Crippen LogP contribution in [0.5, 0.6) is 28.7 Å². The quantitative estimate of drug-likeness (QED) is 0.0210. The van der Waals surface area contributed by atoms with E-state index in [0.29, 0.717) is 66.5 Å². The van der Waals surface area contributed by atoms with E-state index in [9.17, 15) is 9.00 Å². The maximum absolute atomic E-state index is 13.7. The molecule has 17 nitrogen and oxygen atoms in total. The van der Waals surface area contributed by atoms with Crippen LogP contribution < -0.4 is 38.6 Å². The molecule has 0 spiro atoms. The smallest absolute Gasteiger partial charge is 0.316 e. The van der Waals surface area contributed by atoms with Crippen molar-refractivity contribution in [3.63, 3.8) is 0 Å². The Morgan fingerprint density at radius 2 is 1.30 bits per heavy atom. The number of hydrazine groups is 1. The summed E-state index contributed by atoms with van der Waals surface area (Å²) < 4.78 is 48.7. The van der Waals surface area contributed by atoms with Gasteiger partial charge in [-0.05, 0) is 148 Å². The van der Waals surface area contributed by atoms with Crippen LogP contribution in [0.1, 0.15) is 248 Å². The Hall–Kier alpha value is -7.57. The third kappa shape index (κ3) is 24.8. The lowest BCUT2D eigenvalue weighted by Gasteiger charge is -2.22. The highest BCUT2D eigenvalue weighted by Crippen LogP contribution is 2.34. The number of hydrazone groups is 1. The standard InChI is InChI=1S/C52H77N5O3S.C30H40ClN5O4/c1-8-11-14-17-20-23-26-41-29-31-47(40(4)33-41)60-61(58)56-46-36-43(35-45(38-46)51-53-50-39-49(52(5,6)7)54-57(50)55-51)34-44-30-28-42(27-24-21-18-15-12-9-2)37-48(44)59-32-25-22-19-16-13-10-3;1-6-7-8-9-14-25(39-22-16-15-19(2)17-20(22)3)29(37)32-18-21(4)27-33-28-26(31)30(35-36(28)34-27)40-24-13-11-10-12-23(24)38-5/h28-31,33,35-39,54,56H,8-27,32,34H2,1-7H3;10-13,15-17,21,25-26,28H,6-9,14,18H2,1-5H3,(H,32,37)(H,33,34). The molecular weight excluding hydrogens is 1300 g/mol. The highest BCUT2D eigenvalue weighted by Gasteiger charge is 2.43. The second-order valence-corrected chi connectivity index (χ2v) is 30.0. The zero-order valence-electron chi connectivity index (χ0n) is 62.8. The molecule has 5 atom stereocenters. The third-order valence-electron chi connectivity index (χ3n) is 18.7. The molecule has 2 aliphatic heterocycles. The second kappa shape index (κ2) is 40.9. The molecule has 0 saturated heterocycles. The van der Waals surface area contributed by atoms with Gasteiger partial charge >= 0.3 is 11.3 Å². The highest BCUT2D eigenvalue weighted by molar-refractivity contribution is 7.82. The number of hydrogen-bond donors (Lipinski definition) is 4. The zero-order valence-corrected chi connectivity index (χ0v) is 64.3. The highest BCUT2D eigenvalue weighted by atomic mass is 35.5. The Morgan fingerprint density at radius 3 is 1.94 bits per heavy atom. The molecule has 0 fully saturated rings. The Morgan fingerprint density at radius 1 is 0.673 bits per heavy atom. The first-order valence-electron chi connectivity index (χ1n) is 37.9. The summed E-state index contributed by atoms with van der Waals surface area (Å²) in [6.07, 6.45) is 29.4. The van der Waals surface area contributed by atoms with Crippen molar-refractivity contribution in [2.45, 2.75) is 266 Å². The molecule has 550 valence electrons. The SMILES string of the molecule is CCCCCCC(Oc1ccc(C)cc1C)C(=O)NCC(C)C1=NC2C(Cl)C(Oc3ccccc3OC)=NN2N1.CCCCCCCCOc1cc(CCCCCCCC)ccc1Cc1cc(NS(=O)Oc2ccc(CCCCCCCC)cc2C)cc(-c2nc3cc(C(C)(C)C)[nH]n3n2)c1. The third-order valence-corrected chi connectivity index (χ3v) is 19.9. The number of nitrogens with zero attached hydrogens (tertiary/aromatic N) is 6. The van der Waals surface area contributed by atoms with Gasteiger partial charge in [0.25, 0.3) is 5.91 Å². The number of aryl methyl sites for hydroxylation is 5. The number of benzene rings is 5. The number of alkyl halides is 1. The Kier molecular flexibility index (Phi) is 32.1. The molecule has 4 N–H and O–H groups in total. The summed E-state index contributed by atoms with van der Waals surface area (Å²) >= 11 is 4.82. The number of fused-ring (bicyclic) bond motifs is 2. The summed E-state index contributed by atoms with van der Waals surface area (Å²) in [6, 6.07) is 34.6. The number of aliphatic imine (C=N–C) groups is 1. The number of nitrogens with one attached hydrogen (secondary N) is 4. The van der Waals surface area contributed by atoms with Crippen LogP contribution in [0.25, 0.3) is 17.0 Å². The van der Waals surface area contributed by atoms with Gasteiger partial charge in [0.1, 0.15) is 23.1 Å². The maximum atomic E-state index is 13.7. The minimum atomic E-state index is -1.84. The van der Waals surface area contributed by atoms with Crippen molar-refractivity contribution >= 4 is 51.8 Å². The Labute approximate surface area is 611 Å². The molecule has 4 heterocycles. The predicted molar refractivity (Wildman–Crippen MR) is 415 cm³/mol. The van der Waals surface area contributed by atoms with E-state index in [0.717, 1.165) is 101 Å². The van der Waals surface area contributed by atoms with Crippen LogP contribution in [0.2, 0.25) is 0 Å². The lowest BCUT2D eigenvalue weighted by molar-refractivity contribution is -0.128. The molecule has 1 amide bonds. The molecule has 0 saturated carbocycles. The lowest BCUT2D eigenvalue weighted by atomic mass is 9.93. The molecule has 19 heteroatoms. The number of aromatic nitrogens is 4. The molecule has 0 aliphatic carbocycles. The van der Waals surface area contributed by atoms with Crippen LogP contribution in [0, 0.1) is 26.7 Å². The fourth-order valence-electron chi connectivity index (χ4n) is 12.6. The number of hydrogen-bond acceptors (Lipinski definition) is 13. The Balaban J connectivity index is 0.000000280. The molecule has 2 aromatic heterocycles. The predicted octanol–water partition coefficient (Wildman–Crippen LogP) is 19.9. The van der Waals surface area contributed by atoms with Gasteiger partial charge in [0.2, 0.25) is 5.90 Å². The molecule has 9 rings (SSSR count). The summed E-state index contributed by atoms with van der Waals surface area (Å²) in [5.74, 6) is 4.85. The Bertz CT molecular complexity index is 3750. The fourth-order valence-corrected chi connectivity index (χ4v) is 13.6. The van der Waals surface area contributed by atoms with Gasteiger partial charge in [0, 0.05) is 41.6 Å². The molecule has 0 radical (unpaired) electrons. The maximum Gasteiger partial charge on any atom is 0.316 e. The number of amidine groups is 1. The number of para-hydroxylation sites is 2. The number of aromatic amines is 1. The number of amides is 1. The molecule has 101 heavy (non-hydrogen) atoms. The number of H-pyrrole nitrogens is 1. The minimum Gasteiger partial charge on any atom is -0.493 e. The van der Waals surface area contributed by atoms with Crippen LogP contribution in [0.4, 0.5) is 5.69 Å². The van der Waals surface area contributed by atoms with Crippen LogP contribution in [0.15, 0.2) is 113 Å². The molecule has 2 aliphatic rings. The molecule has 5 unspecified atom stereocenters. The second-order valence-electron chi connectivity index (χ2n) is 28.7. The number of ether oxygens (including phenoxy) is 4. The number of carbonyl (C=O) groups excluding carboxylic acids is 1. The van der Waals surface area contributed by atoms with E-state index in [4.69, 9.17) is 49.8 Å². The van der Waals surface area contributed by atoms with Gasteiger partial charge in [0.05, 0.1) is 19.4 Å². The van der Waals surface area contributed by atoms with Gasteiger partial charge in [-0.1, -0.05) is 225 Å². The monoisotopic (exact) mass is 1420 g/mol. The summed E-state index contributed by atoms with van der Waals surface area (Å²) in [5, 5.41) is 16.8. The zero-order chi connectivity index (χ0) is 72.1. The molecule has 7 aromatic rings. The summed E-state index contributed by atoms with van der Waals surface area (Å²) in [5.41, 5.74) is 14.4. The van der Waals surface area contributed by atoms with Crippen molar-refractivity contribution in [1.29, 1.82) is 0 Å². The van der Waals surface area contributed by atoms with Gasteiger partial charge in [-0.2, -0.15) is 14.0 Å². The number of carbonyl (C=O) groups is 1. The van der Waals surface area contributed by atoms with Gasteiger partial charge in [-0.15, -0.1) is 21.8 Å². The van der Waals surface area contributed by atoms with E-state index in [1.807, 2.05) is 70.2 Å². The topological polar surface area (TPSA) is 190 Å². The van der Waals surface area contributed by atoms with E-state index >= 15 is 0 Å². The van der Waals surface area contributed by atoms with Gasteiger partial charge in [0.15, 0.2) is 40.6 Å². The van der Waals surface area contributed by atoms with E-state index in [2.05, 4.69) is 129 Å². The van der Waals surface area contributed by atoms with Crippen molar-refractivity contribution in [3.05, 3.63) is 148 Å². The van der Waals surface area contributed by atoms with Gasteiger partial charge in [-0.25, -0.2) is 9.98 Å². The van der Waals surface area contributed by atoms with E-state index < -0.39 is 28.9 Å². The van der Waals surface area contributed by atoms with E-state index in [1.165, 1.54) is 120 Å². The molecular formula is C82H117ClN10O7S. The lowest BCUT2D eigenvalue weighted by Crippen LogP contribution is -2.44. The first-order chi connectivity index (χ1) is 48.9. The normalized spacial score (nSPS) is 15.0. The van der Waals surface area contributed by atoms with Gasteiger partial charge < -0.3 is 28.4 Å². The van der Waals surface area contributed by atoms with Crippen molar-refractivity contribution in [2.75, 3.05) is 25.0 Å². The number of anilines is 1. The van der Waals surface area contributed by atoms with E-state index in [-0.39, 0.29) is 17.2 Å².